The van der Waals surface area contributed by atoms with E-state index in [2.05, 4.69) is 22.0 Å². The molecule has 6 heteroatoms. The molecule has 1 aromatic heterocycles. The Morgan fingerprint density at radius 3 is 2.61 bits per heavy atom. The SMILES string of the molecule is CCCCc1noc(CN(C)CCOc2ccc(OC)cc2)n1. The molecule has 0 bridgehead atoms. The molecule has 1 aromatic carbocycles. The Morgan fingerprint density at radius 1 is 1.17 bits per heavy atom. The van der Waals surface area contributed by atoms with Gasteiger partial charge in [0.1, 0.15) is 18.1 Å². The number of likely N-dealkylation sites (N-methyl/N-ethyl adjacent to an activating group) is 1. The molecule has 0 unspecified atom stereocenters. The molecule has 0 N–H and O–H groups in total. The molecule has 0 spiro atoms. The first kappa shape index (κ1) is 17.3. The Hall–Kier alpha value is -2.08. The second-order valence-corrected chi connectivity index (χ2v) is 5.47. The highest BCUT2D eigenvalue weighted by Crippen LogP contribution is 2.16. The van der Waals surface area contributed by atoms with Crippen molar-refractivity contribution in [2.24, 2.45) is 0 Å². The van der Waals surface area contributed by atoms with Crippen LogP contribution in [0.25, 0.3) is 0 Å². The molecule has 6 nitrogen and oxygen atoms in total. The van der Waals surface area contributed by atoms with Gasteiger partial charge in [0.05, 0.1) is 13.7 Å². The number of unbranched alkanes of at least 4 members (excludes halogenated alkanes) is 1. The Bertz CT molecular complexity index is 569. The maximum absolute atomic E-state index is 5.71. The molecule has 0 aliphatic heterocycles. The largest absolute Gasteiger partial charge is 0.497 e. The maximum atomic E-state index is 5.71. The van der Waals surface area contributed by atoms with Crippen molar-refractivity contribution in [1.29, 1.82) is 0 Å². The molecule has 126 valence electrons. The number of hydrogen-bond acceptors (Lipinski definition) is 6. The molecule has 1 heterocycles. The lowest BCUT2D eigenvalue weighted by atomic mass is 10.2. The molecule has 2 rings (SSSR count). The van der Waals surface area contributed by atoms with E-state index < -0.39 is 0 Å². The van der Waals surface area contributed by atoms with Crippen molar-refractivity contribution < 1.29 is 14.0 Å². The lowest BCUT2D eigenvalue weighted by Gasteiger charge is -2.14. The zero-order valence-electron chi connectivity index (χ0n) is 14.1. The van der Waals surface area contributed by atoms with Crippen LogP contribution >= 0.6 is 0 Å². The highest BCUT2D eigenvalue weighted by atomic mass is 16.5. The van der Waals surface area contributed by atoms with Gasteiger partial charge in [-0.25, -0.2) is 0 Å². The van der Waals surface area contributed by atoms with Crippen molar-refractivity contribution in [3.63, 3.8) is 0 Å². The van der Waals surface area contributed by atoms with Gasteiger partial charge in [0.2, 0.25) is 5.89 Å². The van der Waals surface area contributed by atoms with Gasteiger partial charge in [-0.1, -0.05) is 18.5 Å². The summed E-state index contributed by atoms with van der Waals surface area (Å²) in [4.78, 5) is 6.50. The Balaban J connectivity index is 1.69. The first-order valence-corrected chi connectivity index (χ1v) is 7.98. The van der Waals surface area contributed by atoms with Crippen LogP contribution in [0.1, 0.15) is 31.5 Å². The van der Waals surface area contributed by atoms with E-state index in [1.807, 2.05) is 31.3 Å². The van der Waals surface area contributed by atoms with Gasteiger partial charge in [0.15, 0.2) is 5.82 Å². The molecule has 23 heavy (non-hydrogen) atoms. The van der Waals surface area contributed by atoms with Crippen LogP contribution in [0.3, 0.4) is 0 Å². The van der Waals surface area contributed by atoms with E-state index >= 15 is 0 Å². The minimum Gasteiger partial charge on any atom is -0.497 e. The zero-order valence-corrected chi connectivity index (χ0v) is 14.1. The molecule has 0 atom stereocenters. The third kappa shape index (κ3) is 5.90. The first-order valence-electron chi connectivity index (χ1n) is 7.98. The average Bonchev–Trinajstić information content (AvgIpc) is 3.01. The van der Waals surface area contributed by atoms with Crippen molar-refractivity contribution in [1.82, 2.24) is 15.0 Å². The molecule has 0 amide bonds. The van der Waals surface area contributed by atoms with Gasteiger partial charge in [-0.2, -0.15) is 4.98 Å². The second-order valence-electron chi connectivity index (χ2n) is 5.47. The van der Waals surface area contributed by atoms with Crippen LogP contribution in [0, 0.1) is 0 Å². The highest BCUT2D eigenvalue weighted by Gasteiger charge is 2.09. The van der Waals surface area contributed by atoms with Crippen molar-refractivity contribution in [3.8, 4) is 11.5 Å². The lowest BCUT2D eigenvalue weighted by molar-refractivity contribution is 0.212. The number of aryl methyl sites for hydroxylation is 1. The monoisotopic (exact) mass is 319 g/mol. The summed E-state index contributed by atoms with van der Waals surface area (Å²) in [6, 6.07) is 7.57. The minimum absolute atomic E-state index is 0.597. The number of aromatic nitrogens is 2. The maximum Gasteiger partial charge on any atom is 0.240 e. The minimum atomic E-state index is 0.597. The second kappa shape index (κ2) is 9.15. The number of benzene rings is 1. The summed E-state index contributed by atoms with van der Waals surface area (Å²) in [6.45, 7) is 4.15. The lowest BCUT2D eigenvalue weighted by Crippen LogP contribution is -2.24. The van der Waals surface area contributed by atoms with Gasteiger partial charge >= 0.3 is 0 Å². The van der Waals surface area contributed by atoms with E-state index in [9.17, 15) is 0 Å². The van der Waals surface area contributed by atoms with Crippen LogP contribution < -0.4 is 9.47 Å². The van der Waals surface area contributed by atoms with Gasteiger partial charge in [-0.3, -0.25) is 4.90 Å². The third-order valence-electron chi connectivity index (χ3n) is 3.47. The predicted octanol–water partition coefficient (Wildman–Crippen LogP) is 2.93. The Morgan fingerprint density at radius 2 is 1.91 bits per heavy atom. The third-order valence-corrected chi connectivity index (χ3v) is 3.47. The van der Waals surface area contributed by atoms with E-state index in [0.717, 1.165) is 43.1 Å². The van der Waals surface area contributed by atoms with Gasteiger partial charge in [-0.05, 0) is 37.7 Å². The zero-order chi connectivity index (χ0) is 16.5. The van der Waals surface area contributed by atoms with E-state index in [0.29, 0.717) is 19.0 Å². The fourth-order valence-electron chi connectivity index (χ4n) is 2.09. The topological polar surface area (TPSA) is 60.6 Å². The quantitative estimate of drug-likeness (QED) is 0.671. The summed E-state index contributed by atoms with van der Waals surface area (Å²) in [7, 11) is 3.66. The van der Waals surface area contributed by atoms with Gasteiger partial charge in [0.25, 0.3) is 0 Å². The molecular weight excluding hydrogens is 294 g/mol. The summed E-state index contributed by atoms with van der Waals surface area (Å²) < 4.78 is 16.1. The highest BCUT2D eigenvalue weighted by molar-refractivity contribution is 5.31. The number of nitrogens with zero attached hydrogens (tertiary/aromatic N) is 3. The summed E-state index contributed by atoms with van der Waals surface area (Å²) >= 11 is 0. The van der Waals surface area contributed by atoms with Gasteiger partial charge < -0.3 is 14.0 Å². The number of rotatable bonds is 10. The van der Waals surface area contributed by atoms with Crippen LogP contribution in [0.5, 0.6) is 11.5 Å². The Labute approximate surface area is 137 Å². The summed E-state index contributed by atoms with van der Waals surface area (Å²) in [6.07, 6.45) is 3.10. The fourth-order valence-corrected chi connectivity index (χ4v) is 2.09. The van der Waals surface area contributed by atoms with Gasteiger partial charge in [0, 0.05) is 13.0 Å². The number of methoxy groups -OCH3 is 1. The van der Waals surface area contributed by atoms with Crippen LogP contribution in [0.2, 0.25) is 0 Å². The van der Waals surface area contributed by atoms with Crippen molar-refractivity contribution in [2.75, 3.05) is 27.3 Å². The normalized spacial score (nSPS) is 11.0. The smallest absolute Gasteiger partial charge is 0.240 e. The molecule has 0 aliphatic carbocycles. The molecular formula is C17H25N3O3. The average molecular weight is 319 g/mol. The van der Waals surface area contributed by atoms with Crippen LogP contribution in [-0.2, 0) is 13.0 Å². The van der Waals surface area contributed by atoms with E-state index in [4.69, 9.17) is 14.0 Å². The van der Waals surface area contributed by atoms with Gasteiger partial charge in [-0.15, -0.1) is 0 Å². The molecule has 0 radical (unpaired) electrons. The summed E-state index contributed by atoms with van der Waals surface area (Å²) in [5, 5.41) is 4.00. The van der Waals surface area contributed by atoms with Crippen molar-refractivity contribution >= 4 is 0 Å². The van der Waals surface area contributed by atoms with E-state index in [-0.39, 0.29) is 0 Å². The first-order chi connectivity index (χ1) is 11.2. The predicted molar refractivity (Wildman–Crippen MR) is 87.7 cm³/mol. The summed E-state index contributed by atoms with van der Waals surface area (Å²) in [5.41, 5.74) is 0. The van der Waals surface area contributed by atoms with Crippen molar-refractivity contribution in [2.45, 2.75) is 32.7 Å². The number of ether oxygens (including phenoxy) is 2. The molecule has 0 saturated heterocycles. The fraction of sp³-hybridized carbons (Fsp3) is 0.529. The number of hydrogen-bond donors (Lipinski definition) is 0. The van der Waals surface area contributed by atoms with Crippen LogP contribution in [0.4, 0.5) is 0 Å². The Kier molecular flexibility index (Phi) is 6.87. The van der Waals surface area contributed by atoms with Crippen LogP contribution in [0.15, 0.2) is 28.8 Å². The summed E-state index contributed by atoms with van der Waals surface area (Å²) in [5.74, 6) is 3.11. The molecule has 2 aromatic rings. The molecule has 0 saturated carbocycles. The molecule has 0 aliphatic rings. The molecule has 0 fully saturated rings. The van der Waals surface area contributed by atoms with Crippen LogP contribution in [-0.4, -0.2) is 42.3 Å². The van der Waals surface area contributed by atoms with Crippen molar-refractivity contribution in [3.05, 3.63) is 36.0 Å². The van der Waals surface area contributed by atoms with E-state index in [1.165, 1.54) is 0 Å². The van der Waals surface area contributed by atoms with E-state index in [1.54, 1.807) is 7.11 Å². The standard InChI is InChI=1S/C17H25N3O3/c1-4-5-6-16-18-17(23-19-16)13-20(2)11-12-22-15-9-7-14(21-3)8-10-15/h7-10H,4-6,11-13H2,1-3H3.